The molecule has 0 saturated carbocycles. The number of rotatable bonds is 5. The molecule has 0 aliphatic carbocycles. The minimum absolute atomic E-state index is 0.114. The number of nitrogens with one attached hydrogen (secondary N) is 1. The van der Waals surface area contributed by atoms with E-state index < -0.39 is 0 Å². The van der Waals surface area contributed by atoms with Crippen LogP contribution in [0.4, 0.5) is 5.82 Å². The summed E-state index contributed by atoms with van der Waals surface area (Å²) in [6.07, 6.45) is 0.270. The van der Waals surface area contributed by atoms with E-state index in [0.29, 0.717) is 29.0 Å². The first kappa shape index (κ1) is 20.6. The van der Waals surface area contributed by atoms with Crippen LogP contribution in [-0.4, -0.2) is 47.0 Å². The Labute approximate surface area is 180 Å². The topological polar surface area (TPSA) is 100 Å². The Morgan fingerprint density at radius 3 is 2.13 bits per heavy atom. The number of ether oxygens (including phenoxy) is 3. The van der Waals surface area contributed by atoms with E-state index in [2.05, 4.69) is 20.4 Å². The zero-order valence-corrected chi connectivity index (χ0v) is 18.4. The molecule has 1 amide bonds. The lowest BCUT2D eigenvalue weighted by Gasteiger charge is -2.25. The zero-order valence-electron chi connectivity index (χ0n) is 18.4. The van der Waals surface area contributed by atoms with Crippen molar-refractivity contribution in [3.8, 4) is 23.2 Å². The van der Waals surface area contributed by atoms with Crippen molar-refractivity contribution in [3.63, 3.8) is 0 Å². The van der Waals surface area contributed by atoms with E-state index in [0.717, 1.165) is 28.2 Å². The van der Waals surface area contributed by atoms with Crippen LogP contribution in [0.5, 0.6) is 17.2 Å². The largest absolute Gasteiger partial charge is 0.493 e. The van der Waals surface area contributed by atoms with Crippen molar-refractivity contribution in [3.05, 3.63) is 46.4 Å². The van der Waals surface area contributed by atoms with Gasteiger partial charge in [0.15, 0.2) is 11.5 Å². The van der Waals surface area contributed by atoms with Crippen LogP contribution >= 0.6 is 0 Å². The van der Waals surface area contributed by atoms with Crippen LogP contribution < -0.4 is 19.5 Å². The third-order valence-corrected chi connectivity index (χ3v) is 5.35. The first-order valence-electron chi connectivity index (χ1n) is 9.88. The molecule has 0 fully saturated rings. The van der Waals surface area contributed by atoms with E-state index in [-0.39, 0.29) is 18.2 Å². The summed E-state index contributed by atoms with van der Waals surface area (Å²) in [5.41, 5.74) is 4.23. The number of hydrogen-bond donors (Lipinski definition) is 1. The lowest BCUT2D eigenvalue weighted by Crippen LogP contribution is -2.25. The van der Waals surface area contributed by atoms with Crippen molar-refractivity contribution in [2.24, 2.45) is 0 Å². The van der Waals surface area contributed by atoms with E-state index in [1.165, 1.54) is 0 Å². The van der Waals surface area contributed by atoms with Gasteiger partial charge >= 0.3 is 0 Å². The van der Waals surface area contributed by atoms with Gasteiger partial charge in [-0.15, -0.1) is 0 Å². The summed E-state index contributed by atoms with van der Waals surface area (Å²) in [6, 6.07) is 5.64. The summed E-state index contributed by atoms with van der Waals surface area (Å²) in [5.74, 6) is 2.23. The molecular formula is C22H25N5O4. The van der Waals surface area contributed by atoms with Gasteiger partial charge in [0.05, 0.1) is 27.0 Å². The predicted octanol–water partition coefficient (Wildman–Crippen LogP) is 3.09. The second-order valence-electron chi connectivity index (χ2n) is 7.47. The molecule has 31 heavy (non-hydrogen) atoms. The molecule has 1 aliphatic rings. The molecule has 3 heterocycles. The molecule has 0 spiro atoms. The second-order valence-corrected chi connectivity index (χ2v) is 7.47. The molecule has 0 bridgehead atoms. The summed E-state index contributed by atoms with van der Waals surface area (Å²) in [7, 11) is 4.70. The smallest absolute Gasteiger partial charge is 0.252 e. The minimum Gasteiger partial charge on any atom is -0.493 e. The van der Waals surface area contributed by atoms with Gasteiger partial charge in [-0.25, -0.2) is 9.97 Å². The number of anilines is 1. The predicted molar refractivity (Wildman–Crippen MR) is 115 cm³/mol. The first-order chi connectivity index (χ1) is 14.9. The average molecular weight is 423 g/mol. The monoisotopic (exact) mass is 423 g/mol. The number of fused-ring (bicyclic) bond motifs is 1. The van der Waals surface area contributed by atoms with Crippen LogP contribution in [0.1, 0.15) is 40.5 Å². The van der Waals surface area contributed by atoms with Gasteiger partial charge in [-0.1, -0.05) is 0 Å². The Morgan fingerprint density at radius 1 is 0.968 bits per heavy atom. The number of nitrogens with zero attached hydrogens (tertiary/aromatic N) is 4. The quantitative estimate of drug-likeness (QED) is 0.673. The van der Waals surface area contributed by atoms with Crippen molar-refractivity contribution < 1.29 is 19.0 Å². The van der Waals surface area contributed by atoms with Gasteiger partial charge in [0.25, 0.3) is 5.95 Å². The highest BCUT2D eigenvalue weighted by molar-refractivity contribution is 5.95. The Morgan fingerprint density at radius 2 is 1.58 bits per heavy atom. The number of aromatic nitrogens is 4. The van der Waals surface area contributed by atoms with Gasteiger partial charge in [-0.2, -0.15) is 9.78 Å². The van der Waals surface area contributed by atoms with Gasteiger partial charge < -0.3 is 19.5 Å². The van der Waals surface area contributed by atoms with Gasteiger partial charge in [0.1, 0.15) is 5.82 Å². The third kappa shape index (κ3) is 3.56. The summed E-state index contributed by atoms with van der Waals surface area (Å²) in [4.78, 5) is 21.7. The summed E-state index contributed by atoms with van der Waals surface area (Å²) >= 11 is 0. The average Bonchev–Trinajstić information content (AvgIpc) is 3.07. The van der Waals surface area contributed by atoms with Crippen molar-refractivity contribution in [2.45, 2.75) is 33.1 Å². The molecule has 3 aromatic rings. The Hall–Kier alpha value is -3.62. The lowest BCUT2D eigenvalue weighted by atomic mass is 9.85. The Balaban J connectivity index is 1.90. The fourth-order valence-corrected chi connectivity index (χ4v) is 4.08. The highest BCUT2D eigenvalue weighted by atomic mass is 16.5. The van der Waals surface area contributed by atoms with Crippen LogP contribution in [0.3, 0.4) is 0 Å². The molecule has 1 atom stereocenters. The van der Waals surface area contributed by atoms with E-state index in [1.54, 1.807) is 26.0 Å². The Kier molecular flexibility index (Phi) is 5.26. The highest BCUT2D eigenvalue weighted by Crippen LogP contribution is 2.45. The molecule has 4 rings (SSSR count). The maximum absolute atomic E-state index is 12.7. The first-order valence-corrected chi connectivity index (χ1v) is 9.88. The zero-order chi connectivity index (χ0) is 22.3. The highest BCUT2D eigenvalue weighted by Gasteiger charge is 2.34. The normalized spacial score (nSPS) is 15.3. The standard InChI is InChI=1S/C22H25N5O4/c1-11-7-12(2)24-22(23-11)27-21-19(13(3)26-27)15(10-18(28)25-21)14-8-16(29-4)20(31-6)17(9-14)30-5/h7-9,15H,10H2,1-6H3,(H,25,28)/t15-/m0/s1. The summed E-state index contributed by atoms with van der Waals surface area (Å²) in [6.45, 7) is 5.72. The van der Waals surface area contributed by atoms with Gasteiger partial charge in [-0.05, 0) is 44.5 Å². The molecule has 1 N–H and O–H groups in total. The number of methoxy groups -OCH3 is 3. The number of hydrogen-bond acceptors (Lipinski definition) is 7. The number of carbonyl (C=O) groups excluding carboxylic acids is 1. The molecule has 162 valence electrons. The van der Waals surface area contributed by atoms with Crippen molar-refractivity contribution in [1.29, 1.82) is 0 Å². The summed E-state index contributed by atoms with van der Waals surface area (Å²) < 4.78 is 18.1. The van der Waals surface area contributed by atoms with Crippen LogP contribution in [0.15, 0.2) is 18.2 Å². The molecule has 1 aliphatic heterocycles. The molecule has 0 radical (unpaired) electrons. The number of amides is 1. The van der Waals surface area contributed by atoms with E-state index >= 15 is 0 Å². The van der Waals surface area contributed by atoms with Crippen LogP contribution in [0.25, 0.3) is 5.95 Å². The van der Waals surface area contributed by atoms with E-state index in [4.69, 9.17) is 14.2 Å². The fourth-order valence-electron chi connectivity index (χ4n) is 4.08. The SMILES string of the molecule is COc1cc([C@@H]2CC(=O)Nc3c2c(C)nn3-c2nc(C)cc(C)n2)cc(OC)c1OC. The third-order valence-electron chi connectivity index (χ3n) is 5.35. The molecular weight excluding hydrogens is 398 g/mol. The number of benzene rings is 1. The number of aryl methyl sites for hydroxylation is 3. The second kappa shape index (κ2) is 7.90. The van der Waals surface area contributed by atoms with Crippen LogP contribution in [0, 0.1) is 20.8 Å². The van der Waals surface area contributed by atoms with E-state index in [9.17, 15) is 4.79 Å². The van der Waals surface area contributed by atoms with Gasteiger partial charge in [0, 0.05) is 29.3 Å². The summed E-state index contributed by atoms with van der Waals surface area (Å²) in [5, 5.41) is 7.62. The fraction of sp³-hybridized carbons (Fsp3) is 0.364. The maximum Gasteiger partial charge on any atom is 0.252 e. The lowest BCUT2D eigenvalue weighted by molar-refractivity contribution is -0.116. The molecule has 9 nitrogen and oxygen atoms in total. The van der Waals surface area contributed by atoms with E-state index in [1.807, 2.05) is 39.0 Å². The van der Waals surface area contributed by atoms with Crippen LogP contribution in [0.2, 0.25) is 0 Å². The van der Waals surface area contributed by atoms with Gasteiger partial charge in [-0.3, -0.25) is 4.79 Å². The molecule has 9 heteroatoms. The number of carbonyl (C=O) groups is 1. The Bertz CT molecular complexity index is 1130. The molecule has 0 saturated heterocycles. The van der Waals surface area contributed by atoms with Gasteiger partial charge in [0.2, 0.25) is 11.7 Å². The minimum atomic E-state index is -0.239. The van der Waals surface area contributed by atoms with Crippen molar-refractivity contribution >= 4 is 11.7 Å². The van der Waals surface area contributed by atoms with Crippen molar-refractivity contribution in [1.82, 2.24) is 19.7 Å². The maximum atomic E-state index is 12.7. The molecule has 0 unspecified atom stereocenters. The van der Waals surface area contributed by atoms with Crippen LogP contribution in [-0.2, 0) is 4.79 Å². The molecule has 1 aromatic carbocycles. The van der Waals surface area contributed by atoms with Crippen molar-refractivity contribution in [2.75, 3.05) is 26.6 Å². The molecule has 2 aromatic heterocycles.